The number of carbonyl (C=O) groups is 2. The molecule has 0 aromatic rings. The fraction of sp³-hybridized carbons (Fsp3) is 0.898. The molecule has 1 amide bonds. The van der Waals surface area contributed by atoms with Crippen LogP contribution in [-0.2, 0) is 14.3 Å². The number of allylic oxidation sites excluding steroid dienone is 4. The highest BCUT2D eigenvalue weighted by Crippen LogP contribution is 2.19. The van der Waals surface area contributed by atoms with Gasteiger partial charge in [0.25, 0.3) is 0 Å². The van der Waals surface area contributed by atoms with Crippen LogP contribution in [0.15, 0.2) is 24.3 Å². The molecule has 0 rings (SSSR count). The summed E-state index contributed by atoms with van der Waals surface area (Å²) in [6.07, 6.45) is 62.4. The first-order valence-corrected chi connectivity index (χ1v) is 29.1. The fourth-order valence-electron chi connectivity index (χ4n) is 9.13. The minimum atomic E-state index is -0.786. The van der Waals surface area contributed by atoms with Crippen LogP contribution in [0, 0.1) is 0 Å². The Bertz CT molecular complexity index is 1030. The maximum Gasteiger partial charge on any atom is 0.306 e. The first-order chi connectivity index (χ1) is 32.0. The van der Waals surface area contributed by atoms with Gasteiger partial charge in [-0.2, -0.15) is 0 Å². The first-order valence-electron chi connectivity index (χ1n) is 29.1. The standard InChI is InChI=1S/C59H113NO5/c1-4-7-10-13-16-19-22-25-27-28-29-31-34-37-40-43-46-49-52-59(64)65-55(50-47-44-41-38-35-33-30-26-23-20-17-14-11-8-5-2)53-58(63)60-56(54-61)57(62)51-48-45-42-39-36-32-24-21-18-15-12-9-6-3/h27-29,31,55-57,61-62H,4-26,30,32-54H2,1-3H3,(H,60,63)/b28-27+,31-29+. The lowest BCUT2D eigenvalue weighted by Crippen LogP contribution is -2.46. The molecule has 0 aliphatic carbocycles. The van der Waals surface area contributed by atoms with Crippen LogP contribution in [0.25, 0.3) is 0 Å². The van der Waals surface area contributed by atoms with Gasteiger partial charge in [-0.3, -0.25) is 9.59 Å². The molecule has 0 saturated carbocycles. The van der Waals surface area contributed by atoms with E-state index < -0.39 is 18.2 Å². The number of nitrogens with one attached hydrogen (secondary N) is 1. The van der Waals surface area contributed by atoms with Gasteiger partial charge in [-0.05, 0) is 51.4 Å². The molecule has 0 spiro atoms. The molecule has 0 radical (unpaired) electrons. The second-order valence-electron chi connectivity index (χ2n) is 20.1. The van der Waals surface area contributed by atoms with Crippen LogP contribution >= 0.6 is 0 Å². The van der Waals surface area contributed by atoms with Gasteiger partial charge in [0.05, 0.1) is 25.2 Å². The number of hydrogen-bond acceptors (Lipinski definition) is 5. The van der Waals surface area contributed by atoms with Gasteiger partial charge in [0.1, 0.15) is 6.10 Å². The third kappa shape index (κ3) is 48.6. The van der Waals surface area contributed by atoms with Gasteiger partial charge >= 0.3 is 5.97 Å². The zero-order chi connectivity index (χ0) is 47.4. The van der Waals surface area contributed by atoms with Crippen molar-refractivity contribution in [2.75, 3.05) is 6.61 Å². The van der Waals surface area contributed by atoms with E-state index in [2.05, 4.69) is 50.4 Å². The summed E-state index contributed by atoms with van der Waals surface area (Å²) >= 11 is 0. The molecule has 3 atom stereocenters. The van der Waals surface area contributed by atoms with E-state index in [9.17, 15) is 19.8 Å². The summed E-state index contributed by atoms with van der Waals surface area (Å²) in [6, 6.07) is -0.700. The molecule has 3 unspecified atom stereocenters. The number of aliphatic hydroxyl groups excluding tert-OH is 2. The highest BCUT2D eigenvalue weighted by Gasteiger charge is 2.24. The number of aliphatic hydroxyl groups is 2. The molecule has 0 bridgehead atoms. The van der Waals surface area contributed by atoms with E-state index in [1.807, 2.05) is 0 Å². The smallest absolute Gasteiger partial charge is 0.306 e. The van der Waals surface area contributed by atoms with Crippen molar-refractivity contribution in [3.8, 4) is 0 Å². The van der Waals surface area contributed by atoms with Crippen molar-refractivity contribution < 1.29 is 24.5 Å². The Hall–Kier alpha value is -1.66. The Morgan fingerprint density at radius 3 is 1.14 bits per heavy atom. The molecule has 0 aliphatic heterocycles. The molecule has 6 heteroatoms. The fourth-order valence-corrected chi connectivity index (χ4v) is 9.13. The number of rotatable bonds is 53. The minimum Gasteiger partial charge on any atom is -0.462 e. The van der Waals surface area contributed by atoms with E-state index in [-0.39, 0.29) is 24.9 Å². The Balaban J connectivity index is 4.54. The first kappa shape index (κ1) is 63.3. The summed E-state index contributed by atoms with van der Waals surface area (Å²) in [6.45, 7) is 6.51. The maximum atomic E-state index is 13.3. The van der Waals surface area contributed by atoms with Crippen molar-refractivity contribution in [1.82, 2.24) is 5.32 Å². The molecule has 0 fully saturated rings. The maximum absolute atomic E-state index is 13.3. The normalized spacial score (nSPS) is 13.2. The molecule has 0 aliphatic rings. The van der Waals surface area contributed by atoms with Crippen LogP contribution in [0.1, 0.15) is 316 Å². The van der Waals surface area contributed by atoms with Crippen LogP contribution in [0.4, 0.5) is 0 Å². The molecule has 0 aromatic carbocycles. The van der Waals surface area contributed by atoms with Gasteiger partial charge in [0, 0.05) is 6.42 Å². The third-order valence-electron chi connectivity index (χ3n) is 13.6. The van der Waals surface area contributed by atoms with Crippen LogP contribution in [0.5, 0.6) is 0 Å². The zero-order valence-electron chi connectivity index (χ0n) is 43.9. The molecular weight excluding hydrogens is 803 g/mol. The van der Waals surface area contributed by atoms with E-state index in [1.54, 1.807) is 0 Å². The quantitative estimate of drug-likeness (QED) is 0.0321. The van der Waals surface area contributed by atoms with Gasteiger partial charge in [0.15, 0.2) is 0 Å². The van der Waals surface area contributed by atoms with Gasteiger partial charge in [-0.15, -0.1) is 0 Å². The van der Waals surface area contributed by atoms with E-state index in [0.29, 0.717) is 19.3 Å². The number of esters is 1. The average molecular weight is 917 g/mol. The van der Waals surface area contributed by atoms with Crippen LogP contribution in [-0.4, -0.2) is 46.9 Å². The predicted octanol–water partition coefficient (Wildman–Crippen LogP) is 17.9. The van der Waals surface area contributed by atoms with Gasteiger partial charge in [0.2, 0.25) is 5.91 Å². The minimum absolute atomic E-state index is 0.0775. The van der Waals surface area contributed by atoms with Crippen molar-refractivity contribution in [1.29, 1.82) is 0 Å². The SMILES string of the molecule is CCCCCCCCC/C=C/C=C/CCCCCCCC(=O)OC(CCCCCCCCCCCCCCCCC)CC(=O)NC(CO)C(O)CCCCCCCCCCCCCCC. The van der Waals surface area contributed by atoms with Crippen molar-refractivity contribution in [3.63, 3.8) is 0 Å². The van der Waals surface area contributed by atoms with Crippen LogP contribution in [0.2, 0.25) is 0 Å². The van der Waals surface area contributed by atoms with Gasteiger partial charge in [-0.25, -0.2) is 0 Å². The molecule has 0 heterocycles. The highest BCUT2D eigenvalue weighted by atomic mass is 16.5. The average Bonchev–Trinajstić information content (AvgIpc) is 3.30. The topological polar surface area (TPSA) is 95.9 Å². The molecule has 384 valence electrons. The predicted molar refractivity (Wildman–Crippen MR) is 283 cm³/mol. The molecule has 65 heavy (non-hydrogen) atoms. The van der Waals surface area contributed by atoms with E-state index in [0.717, 1.165) is 51.4 Å². The van der Waals surface area contributed by atoms with Crippen LogP contribution < -0.4 is 5.32 Å². The summed E-state index contributed by atoms with van der Waals surface area (Å²) in [7, 11) is 0. The van der Waals surface area contributed by atoms with Crippen molar-refractivity contribution in [2.24, 2.45) is 0 Å². The molecule has 0 saturated heterocycles. The Labute approximate surface area is 405 Å². The molecule has 6 nitrogen and oxygen atoms in total. The highest BCUT2D eigenvalue weighted by molar-refractivity contribution is 5.77. The van der Waals surface area contributed by atoms with E-state index in [4.69, 9.17) is 4.74 Å². The Morgan fingerprint density at radius 2 is 0.769 bits per heavy atom. The summed E-state index contributed by atoms with van der Waals surface area (Å²) < 4.78 is 5.96. The van der Waals surface area contributed by atoms with E-state index in [1.165, 1.54) is 218 Å². The Morgan fingerprint density at radius 1 is 0.446 bits per heavy atom. The monoisotopic (exact) mass is 916 g/mol. The largest absolute Gasteiger partial charge is 0.462 e. The number of unbranched alkanes of at least 4 members (excludes halogenated alkanes) is 38. The van der Waals surface area contributed by atoms with Crippen LogP contribution in [0.3, 0.4) is 0 Å². The summed E-state index contributed by atoms with van der Waals surface area (Å²) in [5.41, 5.74) is 0. The molecular formula is C59H113NO5. The number of carbonyl (C=O) groups excluding carboxylic acids is 2. The number of hydrogen-bond donors (Lipinski definition) is 3. The second-order valence-corrected chi connectivity index (χ2v) is 20.1. The van der Waals surface area contributed by atoms with E-state index >= 15 is 0 Å². The lowest BCUT2D eigenvalue weighted by atomic mass is 10.0. The molecule has 0 aromatic heterocycles. The van der Waals surface area contributed by atoms with Crippen molar-refractivity contribution in [2.45, 2.75) is 334 Å². The van der Waals surface area contributed by atoms with Crippen molar-refractivity contribution in [3.05, 3.63) is 24.3 Å². The Kier molecular flexibility index (Phi) is 51.9. The summed E-state index contributed by atoms with van der Waals surface area (Å²) in [4.78, 5) is 26.3. The lowest BCUT2D eigenvalue weighted by molar-refractivity contribution is -0.151. The zero-order valence-corrected chi connectivity index (χ0v) is 43.9. The van der Waals surface area contributed by atoms with Crippen molar-refractivity contribution >= 4 is 11.9 Å². The van der Waals surface area contributed by atoms with Gasteiger partial charge in [-0.1, -0.05) is 276 Å². The lowest BCUT2D eigenvalue weighted by Gasteiger charge is -2.24. The number of amides is 1. The summed E-state index contributed by atoms with van der Waals surface area (Å²) in [5.74, 6) is -0.471. The molecule has 3 N–H and O–H groups in total. The van der Waals surface area contributed by atoms with Gasteiger partial charge < -0.3 is 20.3 Å². The summed E-state index contributed by atoms with van der Waals surface area (Å²) in [5, 5.41) is 23.9. The third-order valence-corrected chi connectivity index (χ3v) is 13.6. The number of ether oxygens (including phenoxy) is 1. The second kappa shape index (κ2) is 53.3.